The van der Waals surface area contributed by atoms with E-state index in [9.17, 15) is 0 Å². The van der Waals surface area contributed by atoms with Crippen LogP contribution in [0.25, 0.3) is 33.4 Å². The molecule has 124 valence electrons. The van der Waals surface area contributed by atoms with Gasteiger partial charge in [0.15, 0.2) is 0 Å². The molecule has 0 aliphatic rings. The summed E-state index contributed by atoms with van der Waals surface area (Å²) in [6.07, 6.45) is 3.72. The number of nitrogens with one attached hydrogen (secondary N) is 1. The highest BCUT2D eigenvalue weighted by Gasteiger charge is 2.14. The van der Waals surface area contributed by atoms with Crippen molar-refractivity contribution in [3.05, 3.63) is 60.6 Å². The van der Waals surface area contributed by atoms with Crippen LogP contribution in [0.5, 0.6) is 5.75 Å². The van der Waals surface area contributed by atoms with Gasteiger partial charge in [-0.2, -0.15) is 5.10 Å². The summed E-state index contributed by atoms with van der Waals surface area (Å²) in [6, 6.07) is 13.9. The number of hydrogen-bond donors (Lipinski definition) is 1. The molecule has 5 heteroatoms. The highest BCUT2D eigenvalue weighted by atomic mass is 16.5. The Kier molecular flexibility index (Phi) is 3.90. The second-order valence-electron chi connectivity index (χ2n) is 5.78. The van der Waals surface area contributed by atoms with Crippen molar-refractivity contribution >= 4 is 10.9 Å². The van der Waals surface area contributed by atoms with Crippen LogP contribution in [0.4, 0.5) is 0 Å². The Hall–Kier alpha value is -3.21. The van der Waals surface area contributed by atoms with E-state index in [2.05, 4.69) is 20.2 Å². The van der Waals surface area contributed by atoms with Crippen LogP contribution in [-0.2, 0) is 0 Å². The molecule has 0 aliphatic carbocycles. The first kappa shape index (κ1) is 15.3. The van der Waals surface area contributed by atoms with E-state index in [1.165, 1.54) is 0 Å². The van der Waals surface area contributed by atoms with Crippen molar-refractivity contribution in [2.24, 2.45) is 0 Å². The zero-order chi connectivity index (χ0) is 17.2. The fourth-order valence-corrected chi connectivity index (χ4v) is 2.98. The minimum Gasteiger partial charge on any atom is -0.494 e. The molecule has 25 heavy (non-hydrogen) atoms. The molecule has 0 saturated heterocycles. The summed E-state index contributed by atoms with van der Waals surface area (Å²) in [4.78, 5) is 9.09. The molecule has 0 spiro atoms. The number of H-pyrrole nitrogens is 1. The second-order valence-corrected chi connectivity index (χ2v) is 5.78. The summed E-state index contributed by atoms with van der Waals surface area (Å²) < 4.78 is 5.58. The van der Waals surface area contributed by atoms with Crippen LogP contribution in [0.15, 0.2) is 54.9 Å². The summed E-state index contributed by atoms with van der Waals surface area (Å²) in [7, 11) is 0. The molecular formula is C20H18N4O. The van der Waals surface area contributed by atoms with Gasteiger partial charge in [0.1, 0.15) is 11.4 Å². The smallest absolute Gasteiger partial charge is 0.121 e. The summed E-state index contributed by atoms with van der Waals surface area (Å²) >= 11 is 0. The number of pyridine rings is 2. The van der Waals surface area contributed by atoms with Gasteiger partial charge in [-0.15, -0.1) is 0 Å². The topological polar surface area (TPSA) is 63.7 Å². The molecule has 0 radical (unpaired) electrons. The van der Waals surface area contributed by atoms with E-state index in [1.807, 2.05) is 68.7 Å². The number of benzene rings is 1. The fraction of sp³-hybridized carbons (Fsp3) is 0.150. The van der Waals surface area contributed by atoms with E-state index < -0.39 is 0 Å². The van der Waals surface area contributed by atoms with Crippen LogP contribution in [0.3, 0.4) is 0 Å². The van der Waals surface area contributed by atoms with E-state index in [0.29, 0.717) is 6.61 Å². The van der Waals surface area contributed by atoms with Crippen molar-refractivity contribution in [2.45, 2.75) is 13.8 Å². The molecule has 1 N–H and O–H groups in total. The Bertz CT molecular complexity index is 1040. The molecule has 0 aliphatic heterocycles. The van der Waals surface area contributed by atoms with Gasteiger partial charge in [0.2, 0.25) is 0 Å². The first-order valence-corrected chi connectivity index (χ1v) is 8.26. The zero-order valence-electron chi connectivity index (χ0n) is 14.2. The van der Waals surface area contributed by atoms with E-state index in [1.54, 1.807) is 0 Å². The number of nitrogens with zero attached hydrogens (tertiary/aromatic N) is 3. The molecule has 0 bridgehead atoms. The molecular weight excluding hydrogens is 312 g/mol. The van der Waals surface area contributed by atoms with Gasteiger partial charge in [0, 0.05) is 35.1 Å². The maximum absolute atomic E-state index is 5.58. The van der Waals surface area contributed by atoms with Gasteiger partial charge in [-0.05, 0) is 49.7 Å². The molecule has 4 rings (SSSR count). The monoisotopic (exact) mass is 330 g/mol. The van der Waals surface area contributed by atoms with Gasteiger partial charge in [-0.1, -0.05) is 6.07 Å². The molecule has 1 aromatic carbocycles. The summed E-state index contributed by atoms with van der Waals surface area (Å²) in [5.41, 5.74) is 5.63. The largest absolute Gasteiger partial charge is 0.494 e. The Labute approximate surface area is 145 Å². The van der Waals surface area contributed by atoms with E-state index >= 15 is 0 Å². The van der Waals surface area contributed by atoms with Gasteiger partial charge in [-0.25, -0.2) is 0 Å². The number of fused-ring (bicyclic) bond motifs is 1. The first-order chi connectivity index (χ1) is 12.3. The van der Waals surface area contributed by atoms with Gasteiger partial charge >= 0.3 is 0 Å². The lowest BCUT2D eigenvalue weighted by atomic mass is 10.0. The lowest BCUT2D eigenvalue weighted by molar-refractivity contribution is 0.340. The van der Waals surface area contributed by atoms with Gasteiger partial charge in [0.25, 0.3) is 0 Å². The zero-order valence-corrected chi connectivity index (χ0v) is 14.2. The third-order valence-corrected chi connectivity index (χ3v) is 4.09. The van der Waals surface area contributed by atoms with Gasteiger partial charge < -0.3 is 4.74 Å². The van der Waals surface area contributed by atoms with E-state index in [-0.39, 0.29) is 0 Å². The predicted octanol–water partition coefficient (Wildman–Crippen LogP) is 4.39. The third-order valence-electron chi connectivity index (χ3n) is 4.09. The van der Waals surface area contributed by atoms with Crippen molar-refractivity contribution in [3.63, 3.8) is 0 Å². The summed E-state index contributed by atoms with van der Waals surface area (Å²) in [5, 5.41) is 8.46. The quantitative estimate of drug-likeness (QED) is 0.602. The lowest BCUT2D eigenvalue weighted by Gasteiger charge is -2.09. The minimum atomic E-state index is 0.635. The third kappa shape index (κ3) is 2.85. The van der Waals surface area contributed by atoms with Crippen LogP contribution in [0, 0.1) is 6.92 Å². The molecule has 0 amide bonds. The minimum absolute atomic E-state index is 0.635. The Morgan fingerprint density at radius 2 is 2.00 bits per heavy atom. The molecule has 5 nitrogen and oxygen atoms in total. The maximum atomic E-state index is 5.58. The number of ether oxygens (including phenoxy) is 1. The number of hydrogen-bond acceptors (Lipinski definition) is 4. The highest BCUT2D eigenvalue weighted by molar-refractivity contribution is 5.98. The number of rotatable bonds is 4. The van der Waals surface area contributed by atoms with Crippen LogP contribution < -0.4 is 4.74 Å². The SMILES string of the molecule is CCOc1ccc2c(-c3c[nH]nc3-c3cccc(C)n3)ccnc2c1. The molecule has 0 unspecified atom stereocenters. The summed E-state index contributed by atoms with van der Waals surface area (Å²) in [6.45, 7) is 4.59. The molecule has 0 saturated carbocycles. The Balaban J connectivity index is 1.87. The van der Waals surface area contributed by atoms with Crippen molar-refractivity contribution in [1.82, 2.24) is 20.2 Å². The van der Waals surface area contributed by atoms with Gasteiger partial charge in [-0.3, -0.25) is 15.1 Å². The van der Waals surface area contributed by atoms with Crippen LogP contribution in [0.1, 0.15) is 12.6 Å². The van der Waals surface area contributed by atoms with Crippen molar-refractivity contribution in [2.75, 3.05) is 6.61 Å². The highest BCUT2D eigenvalue weighted by Crippen LogP contribution is 2.34. The maximum Gasteiger partial charge on any atom is 0.121 e. The summed E-state index contributed by atoms with van der Waals surface area (Å²) in [5.74, 6) is 0.826. The Morgan fingerprint density at radius 3 is 2.84 bits per heavy atom. The standard InChI is InChI=1S/C20H18N4O/c1-3-25-14-7-8-16-15(9-10-21-19(16)11-14)17-12-22-24-20(17)18-6-4-5-13(2)23-18/h4-12H,3H2,1-2H3,(H,22,24). The average molecular weight is 330 g/mol. The van der Waals surface area contributed by atoms with Crippen molar-refractivity contribution in [3.8, 4) is 28.3 Å². The molecule has 3 heterocycles. The molecule has 4 aromatic rings. The number of aryl methyl sites for hydroxylation is 1. The molecule has 0 atom stereocenters. The van der Waals surface area contributed by atoms with Crippen molar-refractivity contribution in [1.29, 1.82) is 0 Å². The van der Waals surface area contributed by atoms with E-state index in [4.69, 9.17) is 4.74 Å². The first-order valence-electron chi connectivity index (χ1n) is 8.26. The predicted molar refractivity (Wildman–Crippen MR) is 98.5 cm³/mol. The lowest BCUT2D eigenvalue weighted by Crippen LogP contribution is -1.93. The molecule has 0 fully saturated rings. The Morgan fingerprint density at radius 1 is 1.08 bits per heavy atom. The van der Waals surface area contributed by atoms with Crippen LogP contribution in [-0.4, -0.2) is 26.8 Å². The van der Waals surface area contributed by atoms with Gasteiger partial charge in [0.05, 0.1) is 17.8 Å². The van der Waals surface area contributed by atoms with Crippen LogP contribution in [0.2, 0.25) is 0 Å². The molecule has 3 aromatic heterocycles. The number of aromatic nitrogens is 4. The van der Waals surface area contributed by atoms with E-state index in [0.717, 1.165) is 44.9 Å². The average Bonchev–Trinajstić information content (AvgIpc) is 3.11. The normalized spacial score (nSPS) is 11.0. The van der Waals surface area contributed by atoms with Crippen LogP contribution >= 0.6 is 0 Å². The number of aromatic amines is 1. The second kappa shape index (κ2) is 6.36. The fourth-order valence-electron chi connectivity index (χ4n) is 2.98. The van der Waals surface area contributed by atoms with Crippen molar-refractivity contribution < 1.29 is 4.74 Å².